The molecule has 2 rings (SSSR count). The van der Waals surface area contributed by atoms with Crippen molar-refractivity contribution >= 4 is 11.6 Å². The highest BCUT2D eigenvalue weighted by Gasteiger charge is 2.17. The van der Waals surface area contributed by atoms with E-state index in [9.17, 15) is 4.79 Å². The minimum atomic E-state index is 0.0197. The Kier molecular flexibility index (Phi) is 2.14. The Morgan fingerprint density at radius 1 is 1.54 bits per heavy atom. The van der Waals surface area contributed by atoms with E-state index in [0.717, 1.165) is 12.1 Å². The Bertz CT molecular complexity index is 386. The zero-order valence-electron chi connectivity index (χ0n) is 7.16. The molecule has 2 heterocycles. The fourth-order valence-electron chi connectivity index (χ4n) is 1.69. The quantitative estimate of drug-likeness (QED) is 0.670. The number of nitrogens with two attached hydrogens (primary N) is 1. The summed E-state index contributed by atoms with van der Waals surface area (Å²) in [4.78, 5) is 11.4. The van der Waals surface area contributed by atoms with E-state index < -0.39 is 0 Å². The van der Waals surface area contributed by atoms with Crippen molar-refractivity contribution in [2.24, 2.45) is 5.73 Å². The normalized spacial score (nSPS) is 21.2. The average Bonchev–Trinajstić information content (AvgIpc) is 2.12. The first-order valence-corrected chi connectivity index (χ1v) is 4.70. The van der Waals surface area contributed by atoms with Crippen LogP contribution < -0.4 is 11.3 Å². The number of rotatable bonds is 0. The molecule has 1 aliphatic rings. The highest BCUT2D eigenvalue weighted by Crippen LogP contribution is 2.19. The van der Waals surface area contributed by atoms with E-state index in [4.69, 9.17) is 17.3 Å². The lowest BCUT2D eigenvalue weighted by atomic mass is 10.0. The third kappa shape index (κ3) is 1.49. The third-order valence-corrected chi connectivity index (χ3v) is 2.76. The van der Waals surface area contributed by atoms with E-state index in [0.29, 0.717) is 18.0 Å². The second-order valence-electron chi connectivity index (χ2n) is 3.37. The monoisotopic (exact) mass is 198 g/mol. The number of halogens is 1. The number of fused-ring (bicyclic) bond motifs is 1. The van der Waals surface area contributed by atoms with E-state index in [1.807, 2.05) is 0 Å². The SMILES string of the molecule is NC1CCn2c(c(Cl)ccc2=O)C1. The van der Waals surface area contributed by atoms with Crippen LogP contribution >= 0.6 is 11.6 Å². The summed E-state index contributed by atoms with van der Waals surface area (Å²) < 4.78 is 1.71. The predicted octanol–water partition coefficient (Wildman–Crippen LogP) is 0.775. The van der Waals surface area contributed by atoms with Gasteiger partial charge in [-0.2, -0.15) is 0 Å². The molecule has 0 bridgehead atoms. The standard InChI is InChI=1S/C9H11ClN2O/c10-7-1-2-9(13)12-4-3-6(11)5-8(7)12/h1-2,6H,3-5,11H2. The lowest BCUT2D eigenvalue weighted by molar-refractivity contribution is 0.458. The highest BCUT2D eigenvalue weighted by atomic mass is 35.5. The van der Waals surface area contributed by atoms with Crippen LogP contribution in [0.5, 0.6) is 0 Å². The van der Waals surface area contributed by atoms with Crippen molar-refractivity contribution in [2.75, 3.05) is 0 Å². The average molecular weight is 199 g/mol. The maximum absolute atomic E-state index is 11.4. The smallest absolute Gasteiger partial charge is 0.250 e. The van der Waals surface area contributed by atoms with Gasteiger partial charge in [-0.15, -0.1) is 0 Å². The van der Waals surface area contributed by atoms with Crippen LogP contribution in [0.1, 0.15) is 12.1 Å². The summed E-state index contributed by atoms with van der Waals surface area (Å²) in [6, 6.07) is 3.29. The van der Waals surface area contributed by atoms with Gasteiger partial charge in [0.2, 0.25) is 0 Å². The van der Waals surface area contributed by atoms with Crippen molar-refractivity contribution in [1.82, 2.24) is 4.57 Å². The number of pyridine rings is 1. The Labute approximate surface area is 81.1 Å². The molecule has 1 unspecified atom stereocenters. The van der Waals surface area contributed by atoms with Crippen molar-refractivity contribution in [3.63, 3.8) is 0 Å². The fraction of sp³-hybridized carbons (Fsp3) is 0.444. The molecule has 0 saturated carbocycles. The predicted molar refractivity (Wildman–Crippen MR) is 52.0 cm³/mol. The van der Waals surface area contributed by atoms with Crippen molar-refractivity contribution in [1.29, 1.82) is 0 Å². The van der Waals surface area contributed by atoms with Crippen molar-refractivity contribution in [3.8, 4) is 0 Å². The van der Waals surface area contributed by atoms with Crippen LogP contribution in [0.2, 0.25) is 5.02 Å². The summed E-state index contributed by atoms with van der Waals surface area (Å²) in [5.74, 6) is 0. The van der Waals surface area contributed by atoms with Gasteiger partial charge in [0.15, 0.2) is 0 Å². The van der Waals surface area contributed by atoms with Crippen LogP contribution in [0.25, 0.3) is 0 Å². The van der Waals surface area contributed by atoms with E-state index in [-0.39, 0.29) is 11.6 Å². The molecular weight excluding hydrogens is 188 g/mol. The summed E-state index contributed by atoms with van der Waals surface area (Å²) in [6.45, 7) is 0.690. The first-order chi connectivity index (χ1) is 6.18. The Morgan fingerprint density at radius 3 is 3.08 bits per heavy atom. The maximum Gasteiger partial charge on any atom is 0.250 e. The van der Waals surface area contributed by atoms with Gasteiger partial charge < -0.3 is 10.3 Å². The highest BCUT2D eigenvalue weighted by molar-refractivity contribution is 6.31. The van der Waals surface area contributed by atoms with E-state index >= 15 is 0 Å². The Balaban J connectivity index is 2.57. The summed E-state index contributed by atoms with van der Waals surface area (Å²) in [5.41, 5.74) is 6.70. The maximum atomic E-state index is 11.4. The second-order valence-corrected chi connectivity index (χ2v) is 3.78. The van der Waals surface area contributed by atoms with Gasteiger partial charge in [-0.1, -0.05) is 11.6 Å². The molecule has 1 aliphatic heterocycles. The van der Waals surface area contributed by atoms with Crippen LogP contribution in [-0.2, 0) is 13.0 Å². The van der Waals surface area contributed by atoms with Gasteiger partial charge >= 0.3 is 0 Å². The van der Waals surface area contributed by atoms with E-state index in [2.05, 4.69) is 0 Å². The second kappa shape index (κ2) is 3.16. The molecule has 2 N–H and O–H groups in total. The minimum Gasteiger partial charge on any atom is -0.327 e. The molecular formula is C9H11ClN2O. The lowest BCUT2D eigenvalue weighted by Gasteiger charge is -2.23. The van der Waals surface area contributed by atoms with Gasteiger partial charge in [-0.3, -0.25) is 4.79 Å². The van der Waals surface area contributed by atoms with Gasteiger partial charge in [0.25, 0.3) is 5.56 Å². The number of aromatic nitrogens is 1. The van der Waals surface area contributed by atoms with Gasteiger partial charge in [0.05, 0.1) is 5.02 Å². The van der Waals surface area contributed by atoms with Crippen LogP contribution in [0.4, 0.5) is 0 Å². The molecule has 0 amide bonds. The molecule has 0 aliphatic carbocycles. The fourth-order valence-corrected chi connectivity index (χ4v) is 1.93. The summed E-state index contributed by atoms with van der Waals surface area (Å²) in [5, 5.41) is 0.648. The van der Waals surface area contributed by atoms with Crippen LogP contribution in [-0.4, -0.2) is 10.6 Å². The van der Waals surface area contributed by atoms with Crippen LogP contribution in [0.15, 0.2) is 16.9 Å². The van der Waals surface area contributed by atoms with Gasteiger partial charge in [-0.25, -0.2) is 0 Å². The molecule has 70 valence electrons. The largest absolute Gasteiger partial charge is 0.327 e. The topological polar surface area (TPSA) is 48.0 Å². The molecule has 0 spiro atoms. The first kappa shape index (κ1) is 8.78. The molecule has 3 nitrogen and oxygen atoms in total. The molecule has 1 aromatic heterocycles. The zero-order chi connectivity index (χ0) is 9.42. The molecule has 0 fully saturated rings. The molecule has 0 saturated heterocycles. The molecule has 4 heteroatoms. The summed E-state index contributed by atoms with van der Waals surface area (Å²) in [6.07, 6.45) is 1.56. The number of hydrogen-bond acceptors (Lipinski definition) is 2. The number of nitrogens with zero attached hydrogens (tertiary/aromatic N) is 1. The zero-order valence-corrected chi connectivity index (χ0v) is 7.92. The Morgan fingerprint density at radius 2 is 2.31 bits per heavy atom. The summed E-state index contributed by atoms with van der Waals surface area (Å²) >= 11 is 5.96. The molecule has 0 radical (unpaired) electrons. The third-order valence-electron chi connectivity index (χ3n) is 2.42. The van der Waals surface area contributed by atoms with E-state index in [1.165, 1.54) is 6.07 Å². The van der Waals surface area contributed by atoms with Crippen LogP contribution in [0.3, 0.4) is 0 Å². The molecule has 1 atom stereocenters. The lowest BCUT2D eigenvalue weighted by Crippen LogP contribution is -2.36. The van der Waals surface area contributed by atoms with Crippen molar-refractivity contribution in [2.45, 2.75) is 25.4 Å². The van der Waals surface area contributed by atoms with Gasteiger partial charge in [0, 0.05) is 30.8 Å². The van der Waals surface area contributed by atoms with E-state index in [1.54, 1.807) is 10.6 Å². The van der Waals surface area contributed by atoms with Gasteiger partial charge in [0.1, 0.15) is 0 Å². The van der Waals surface area contributed by atoms with Crippen LogP contribution in [0, 0.1) is 0 Å². The van der Waals surface area contributed by atoms with Crippen molar-refractivity contribution in [3.05, 3.63) is 33.2 Å². The number of hydrogen-bond donors (Lipinski definition) is 1. The molecule has 0 aromatic carbocycles. The first-order valence-electron chi connectivity index (χ1n) is 4.32. The van der Waals surface area contributed by atoms with Gasteiger partial charge in [-0.05, 0) is 12.5 Å². The minimum absolute atomic E-state index is 0.0197. The molecule has 13 heavy (non-hydrogen) atoms. The molecule has 1 aromatic rings. The van der Waals surface area contributed by atoms with Crippen molar-refractivity contribution < 1.29 is 0 Å². The summed E-state index contributed by atoms with van der Waals surface area (Å²) in [7, 11) is 0. The Hall–Kier alpha value is -0.800.